The van der Waals surface area contributed by atoms with E-state index in [1.807, 2.05) is 18.7 Å². The topological polar surface area (TPSA) is 46.6 Å². The molecule has 0 N–H and O–H groups in total. The first kappa shape index (κ1) is 13.4. The number of carbonyl (C=O) groups is 2. The summed E-state index contributed by atoms with van der Waals surface area (Å²) in [6, 6.07) is -0.0716. The molecule has 0 aliphatic carbocycles. The number of nitrogens with zero attached hydrogens (tertiary/aromatic N) is 1. The Bertz CT molecular complexity index is 329. The lowest BCUT2D eigenvalue weighted by Gasteiger charge is -2.33. The molecule has 0 spiro atoms. The van der Waals surface area contributed by atoms with Gasteiger partial charge in [0.2, 0.25) is 5.91 Å². The van der Waals surface area contributed by atoms with Crippen LogP contribution in [0.5, 0.6) is 0 Å². The molecule has 2 saturated heterocycles. The maximum Gasteiger partial charge on any atom is 0.328 e. The SMILES string of the molecule is CCOC(=O)[C@@H]1CC[C@@H]2CCCC[C@H](C)C(=O)N21. The van der Waals surface area contributed by atoms with E-state index in [1.54, 1.807) is 0 Å². The first-order valence-corrected chi connectivity index (χ1v) is 7.14. The van der Waals surface area contributed by atoms with Crippen molar-refractivity contribution in [2.75, 3.05) is 6.61 Å². The summed E-state index contributed by atoms with van der Waals surface area (Å²) in [4.78, 5) is 26.2. The van der Waals surface area contributed by atoms with Crippen LogP contribution in [0.25, 0.3) is 0 Å². The predicted octanol–water partition coefficient (Wildman–Crippen LogP) is 2.12. The highest BCUT2D eigenvalue weighted by Gasteiger charge is 2.43. The van der Waals surface area contributed by atoms with Crippen molar-refractivity contribution in [3.8, 4) is 0 Å². The monoisotopic (exact) mass is 253 g/mol. The van der Waals surface area contributed by atoms with E-state index in [2.05, 4.69) is 0 Å². The second kappa shape index (κ2) is 5.72. The Morgan fingerprint density at radius 3 is 2.72 bits per heavy atom. The number of ether oxygens (including phenoxy) is 1. The Morgan fingerprint density at radius 1 is 1.28 bits per heavy atom. The first-order valence-electron chi connectivity index (χ1n) is 7.14. The molecule has 0 aromatic heterocycles. The number of fused-ring (bicyclic) bond motifs is 1. The number of carbonyl (C=O) groups excluding carboxylic acids is 2. The van der Waals surface area contributed by atoms with E-state index < -0.39 is 0 Å². The van der Waals surface area contributed by atoms with Crippen molar-refractivity contribution < 1.29 is 14.3 Å². The molecular weight excluding hydrogens is 230 g/mol. The van der Waals surface area contributed by atoms with E-state index in [-0.39, 0.29) is 29.9 Å². The molecule has 4 nitrogen and oxygen atoms in total. The fourth-order valence-corrected chi connectivity index (χ4v) is 3.18. The third kappa shape index (κ3) is 2.52. The molecule has 1 amide bonds. The highest BCUT2D eigenvalue weighted by atomic mass is 16.5. The van der Waals surface area contributed by atoms with Crippen LogP contribution in [-0.4, -0.2) is 35.5 Å². The third-order valence-electron chi connectivity index (χ3n) is 4.16. The minimum Gasteiger partial charge on any atom is -0.464 e. The lowest BCUT2D eigenvalue weighted by molar-refractivity contribution is -0.156. The van der Waals surface area contributed by atoms with E-state index in [0.717, 1.165) is 38.5 Å². The Labute approximate surface area is 109 Å². The van der Waals surface area contributed by atoms with Crippen molar-refractivity contribution >= 4 is 11.9 Å². The molecular formula is C14H23NO3. The number of esters is 1. The molecule has 2 aliphatic rings. The molecule has 2 rings (SSSR count). The van der Waals surface area contributed by atoms with Gasteiger partial charge in [-0.15, -0.1) is 0 Å². The van der Waals surface area contributed by atoms with Crippen LogP contribution in [0, 0.1) is 5.92 Å². The smallest absolute Gasteiger partial charge is 0.328 e. The van der Waals surface area contributed by atoms with Crippen LogP contribution in [0.3, 0.4) is 0 Å². The second-order valence-electron chi connectivity index (χ2n) is 5.43. The van der Waals surface area contributed by atoms with Crippen molar-refractivity contribution in [2.45, 2.75) is 64.5 Å². The van der Waals surface area contributed by atoms with E-state index in [9.17, 15) is 9.59 Å². The molecule has 0 bridgehead atoms. The van der Waals surface area contributed by atoms with E-state index >= 15 is 0 Å². The molecule has 4 heteroatoms. The summed E-state index contributed by atoms with van der Waals surface area (Å²) in [5.74, 6) is -0.0285. The highest BCUT2D eigenvalue weighted by molar-refractivity contribution is 5.86. The average molecular weight is 253 g/mol. The summed E-state index contributed by atoms with van der Waals surface area (Å²) in [6.07, 6.45) is 5.98. The summed E-state index contributed by atoms with van der Waals surface area (Å²) < 4.78 is 5.10. The molecule has 0 saturated carbocycles. The zero-order valence-electron chi connectivity index (χ0n) is 11.4. The van der Waals surface area contributed by atoms with Crippen molar-refractivity contribution in [1.29, 1.82) is 0 Å². The van der Waals surface area contributed by atoms with Gasteiger partial charge < -0.3 is 9.64 Å². The highest BCUT2D eigenvalue weighted by Crippen LogP contribution is 2.33. The minimum atomic E-state index is -0.331. The van der Waals surface area contributed by atoms with Gasteiger partial charge in [-0.1, -0.05) is 19.8 Å². The molecule has 2 fully saturated rings. The first-order chi connectivity index (χ1) is 8.65. The normalized spacial score (nSPS) is 32.7. The van der Waals surface area contributed by atoms with Crippen molar-refractivity contribution in [1.82, 2.24) is 4.90 Å². The summed E-state index contributed by atoms with van der Waals surface area (Å²) in [7, 11) is 0. The second-order valence-corrected chi connectivity index (χ2v) is 5.43. The largest absolute Gasteiger partial charge is 0.464 e. The number of rotatable bonds is 2. The van der Waals surface area contributed by atoms with E-state index in [4.69, 9.17) is 4.74 Å². The molecule has 102 valence electrons. The van der Waals surface area contributed by atoms with Gasteiger partial charge in [0, 0.05) is 12.0 Å². The summed E-state index contributed by atoms with van der Waals surface area (Å²) in [5.41, 5.74) is 0. The number of hydrogen-bond donors (Lipinski definition) is 0. The van der Waals surface area contributed by atoms with Crippen LogP contribution in [0.4, 0.5) is 0 Å². The van der Waals surface area contributed by atoms with Gasteiger partial charge in [0.15, 0.2) is 0 Å². The standard InChI is InChI=1S/C14H23NO3/c1-3-18-14(17)12-9-8-11-7-5-4-6-10(2)13(16)15(11)12/h10-12H,3-9H2,1-2H3/t10-,11-,12-/m0/s1. The Balaban J connectivity index is 2.15. The van der Waals surface area contributed by atoms with Crippen LogP contribution >= 0.6 is 0 Å². The quantitative estimate of drug-likeness (QED) is 0.708. The molecule has 18 heavy (non-hydrogen) atoms. The lowest BCUT2D eigenvalue weighted by Crippen LogP contribution is -2.48. The van der Waals surface area contributed by atoms with Crippen LogP contribution in [-0.2, 0) is 14.3 Å². The summed E-state index contributed by atoms with van der Waals surface area (Å²) in [6.45, 7) is 4.17. The van der Waals surface area contributed by atoms with Gasteiger partial charge in [-0.05, 0) is 32.6 Å². The fraction of sp³-hybridized carbons (Fsp3) is 0.857. The Kier molecular flexibility index (Phi) is 4.25. The van der Waals surface area contributed by atoms with Crippen molar-refractivity contribution in [3.05, 3.63) is 0 Å². The fourth-order valence-electron chi connectivity index (χ4n) is 3.18. The zero-order valence-corrected chi connectivity index (χ0v) is 11.4. The maximum absolute atomic E-state index is 12.4. The van der Waals surface area contributed by atoms with Crippen LogP contribution < -0.4 is 0 Å². The van der Waals surface area contributed by atoms with Gasteiger partial charge in [-0.2, -0.15) is 0 Å². The Hall–Kier alpha value is -1.06. The Morgan fingerprint density at radius 2 is 2.00 bits per heavy atom. The third-order valence-corrected chi connectivity index (χ3v) is 4.16. The van der Waals surface area contributed by atoms with Gasteiger partial charge in [0.1, 0.15) is 6.04 Å². The zero-order chi connectivity index (χ0) is 13.1. The molecule has 2 heterocycles. The van der Waals surface area contributed by atoms with Crippen molar-refractivity contribution in [2.24, 2.45) is 5.92 Å². The van der Waals surface area contributed by atoms with E-state index in [0.29, 0.717) is 6.61 Å². The van der Waals surface area contributed by atoms with Gasteiger partial charge in [0.25, 0.3) is 0 Å². The molecule has 0 aromatic carbocycles. The van der Waals surface area contributed by atoms with Gasteiger partial charge in [-0.3, -0.25) is 4.79 Å². The number of hydrogen-bond acceptors (Lipinski definition) is 3. The molecule has 2 aliphatic heterocycles. The molecule has 3 atom stereocenters. The number of amides is 1. The predicted molar refractivity (Wildman–Crippen MR) is 67.9 cm³/mol. The maximum atomic E-state index is 12.4. The van der Waals surface area contributed by atoms with E-state index in [1.165, 1.54) is 0 Å². The van der Waals surface area contributed by atoms with Gasteiger partial charge >= 0.3 is 5.97 Å². The minimum absolute atomic E-state index is 0.0443. The lowest BCUT2D eigenvalue weighted by atomic mass is 9.95. The van der Waals surface area contributed by atoms with Crippen LogP contribution in [0.1, 0.15) is 52.4 Å². The van der Waals surface area contributed by atoms with Crippen LogP contribution in [0.15, 0.2) is 0 Å². The van der Waals surface area contributed by atoms with Gasteiger partial charge in [0.05, 0.1) is 6.61 Å². The molecule has 0 aromatic rings. The van der Waals surface area contributed by atoms with Gasteiger partial charge in [-0.25, -0.2) is 4.79 Å². The van der Waals surface area contributed by atoms with Crippen LogP contribution in [0.2, 0.25) is 0 Å². The average Bonchev–Trinajstić information content (AvgIpc) is 2.75. The summed E-state index contributed by atoms with van der Waals surface area (Å²) >= 11 is 0. The summed E-state index contributed by atoms with van der Waals surface area (Å²) in [5, 5.41) is 0. The molecule has 0 radical (unpaired) electrons. The molecule has 0 unspecified atom stereocenters. The van der Waals surface area contributed by atoms with Crippen molar-refractivity contribution in [3.63, 3.8) is 0 Å².